The maximum absolute atomic E-state index is 12.2. The molecule has 5 heteroatoms. The van der Waals surface area contributed by atoms with Gasteiger partial charge in [-0.3, -0.25) is 4.79 Å². The summed E-state index contributed by atoms with van der Waals surface area (Å²) in [6, 6.07) is 11.4. The van der Waals surface area contributed by atoms with Crippen molar-refractivity contribution in [1.29, 1.82) is 0 Å². The van der Waals surface area contributed by atoms with Crippen molar-refractivity contribution in [2.24, 2.45) is 0 Å². The second-order valence-corrected chi connectivity index (χ2v) is 5.48. The summed E-state index contributed by atoms with van der Waals surface area (Å²) >= 11 is 0. The molecule has 22 heavy (non-hydrogen) atoms. The second-order valence-electron chi connectivity index (χ2n) is 5.48. The number of nitrogens with one attached hydrogen (secondary N) is 1. The van der Waals surface area contributed by atoms with E-state index in [2.05, 4.69) is 5.32 Å². The van der Waals surface area contributed by atoms with Crippen LogP contribution in [0.25, 0.3) is 5.69 Å². The maximum atomic E-state index is 12.2. The predicted octanol–water partition coefficient (Wildman–Crippen LogP) is 2.36. The second kappa shape index (κ2) is 6.34. The number of carbonyl (C=O) groups excluding carboxylic acids is 1. The van der Waals surface area contributed by atoms with Gasteiger partial charge in [0.05, 0.1) is 13.2 Å². The molecule has 1 amide bonds. The Hall–Kier alpha value is -2.11. The number of benzene rings is 1. The van der Waals surface area contributed by atoms with Crippen molar-refractivity contribution >= 4 is 5.91 Å². The van der Waals surface area contributed by atoms with E-state index in [1.807, 2.05) is 60.3 Å². The normalized spacial score (nSPS) is 16.6. The van der Waals surface area contributed by atoms with Crippen LogP contribution in [-0.2, 0) is 9.47 Å². The minimum atomic E-state index is -0.569. The van der Waals surface area contributed by atoms with Crippen LogP contribution in [0.4, 0.5) is 0 Å². The van der Waals surface area contributed by atoms with Crippen molar-refractivity contribution in [3.63, 3.8) is 0 Å². The summed E-state index contributed by atoms with van der Waals surface area (Å²) in [5.74, 6) is -0.657. The quantitative estimate of drug-likeness (QED) is 0.922. The molecular formula is C17H20N2O3. The van der Waals surface area contributed by atoms with Crippen molar-refractivity contribution in [2.45, 2.75) is 19.1 Å². The molecule has 0 bridgehead atoms. The van der Waals surface area contributed by atoms with Gasteiger partial charge in [-0.05, 0) is 37.3 Å². The van der Waals surface area contributed by atoms with Gasteiger partial charge < -0.3 is 19.4 Å². The number of ether oxygens (including phenoxy) is 2. The first kappa shape index (κ1) is 14.8. The Labute approximate surface area is 129 Å². The van der Waals surface area contributed by atoms with E-state index in [0.29, 0.717) is 31.7 Å². The fourth-order valence-electron chi connectivity index (χ4n) is 2.52. The molecule has 0 unspecified atom stereocenters. The number of nitrogens with zero attached hydrogens (tertiary/aromatic N) is 1. The average Bonchev–Trinajstić information content (AvgIpc) is 3.19. The van der Waals surface area contributed by atoms with E-state index in [1.54, 1.807) is 0 Å². The minimum Gasteiger partial charge on any atom is -0.352 e. The third-order valence-corrected chi connectivity index (χ3v) is 3.77. The van der Waals surface area contributed by atoms with Gasteiger partial charge in [-0.25, -0.2) is 0 Å². The fraction of sp³-hybridized carbons (Fsp3) is 0.353. The van der Waals surface area contributed by atoms with Crippen LogP contribution in [0.2, 0.25) is 0 Å². The number of hydrogen-bond donors (Lipinski definition) is 1. The molecule has 5 nitrogen and oxygen atoms in total. The molecular weight excluding hydrogens is 280 g/mol. The smallest absolute Gasteiger partial charge is 0.251 e. The van der Waals surface area contributed by atoms with Gasteiger partial charge in [-0.1, -0.05) is 6.07 Å². The lowest BCUT2D eigenvalue weighted by Crippen LogP contribution is -2.33. The summed E-state index contributed by atoms with van der Waals surface area (Å²) < 4.78 is 13.0. The molecule has 1 aliphatic rings. The van der Waals surface area contributed by atoms with E-state index in [-0.39, 0.29) is 5.91 Å². The SMILES string of the molecule is CC1(CCNC(=O)c2cccc(-n3cccc3)c2)OCCO1. The molecule has 2 aromatic rings. The highest BCUT2D eigenvalue weighted by molar-refractivity contribution is 5.94. The molecule has 116 valence electrons. The van der Waals surface area contributed by atoms with E-state index in [0.717, 1.165) is 5.69 Å². The third kappa shape index (κ3) is 3.37. The molecule has 1 aromatic heterocycles. The predicted molar refractivity (Wildman–Crippen MR) is 83.0 cm³/mol. The summed E-state index contributed by atoms with van der Waals surface area (Å²) in [7, 11) is 0. The lowest BCUT2D eigenvalue weighted by molar-refractivity contribution is -0.145. The standard InChI is InChI=1S/C17H20N2O3/c1-17(21-11-12-22-17)7-8-18-16(20)14-5-4-6-15(13-14)19-9-2-3-10-19/h2-6,9-10,13H,7-8,11-12H2,1H3,(H,18,20). The monoisotopic (exact) mass is 300 g/mol. The van der Waals surface area contributed by atoms with Crippen LogP contribution in [0.5, 0.6) is 0 Å². The van der Waals surface area contributed by atoms with Crippen LogP contribution in [-0.4, -0.2) is 36.0 Å². The minimum absolute atomic E-state index is 0.0874. The Balaban J connectivity index is 1.59. The summed E-state index contributed by atoms with van der Waals surface area (Å²) in [6.45, 7) is 3.65. The summed E-state index contributed by atoms with van der Waals surface area (Å²) in [6.07, 6.45) is 4.54. The highest BCUT2D eigenvalue weighted by Gasteiger charge is 2.30. The molecule has 1 N–H and O–H groups in total. The number of carbonyl (C=O) groups is 1. The molecule has 0 radical (unpaired) electrons. The largest absolute Gasteiger partial charge is 0.352 e. The number of rotatable bonds is 5. The van der Waals surface area contributed by atoms with Crippen LogP contribution < -0.4 is 5.32 Å². The molecule has 3 rings (SSSR count). The Kier molecular flexibility index (Phi) is 4.27. The van der Waals surface area contributed by atoms with Crippen molar-refractivity contribution in [3.8, 4) is 5.69 Å². The van der Waals surface area contributed by atoms with Gasteiger partial charge in [0.25, 0.3) is 5.91 Å². The summed E-state index contributed by atoms with van der Waals surface area (Å²) in [4.78, 5) is 12.2. The molecule has 0 spiro atoms. The summed E-state index contributed by atoms with van der Waals surface area (Å²) in [5.41, 5.74) is 1.61. The zero-order valence-electron chi connectivity index (χ0n) is 12.6. The van der Waals surface area contributed by atoms with Gasteiger partial charge in [0.1, 0.15) is 0 Å². The van der Waals surface area contributed by atoms with Crippen molar-refractivity contribution < 1.29 is 14.3 Å². The number of aromatic nitrogens is 1. The fourth-order valence-corrected chi connectivity index (χ4v) is 2.52. The Morgan fingerprint density at radius 2 is 1.95 bits per heavy atom. The Bertz CT molecular complexity index is 631. The summed E-state index contributed by atoms with van der Waals surface area (Å²) in [5, 5.41) is 2.92. The first-order valence-corrected chi connectivity index (χ1v) is 7.46. The first-order chi connectivity index (χ1) is 10.7. The molecule has 1 aromatic carbocycles. The van der Waals surface area contributed by atoms with Gasteiger partial charge in [-0.2, -0.15) is 0 Å². The van der Waals surface area contributed by atoms with Gasteiger partial charge >= 0.3 is 0 Å². The van der Waals surface area contributed by atoms with Gasteiger partial charge in [0.2, 0.25) is 0 Å². The zero-order chi connectivity index (χ0) is 15.4. The molecule has 0 saturated carbocycles. The van der Waals surface area contributed by atoms with E-state index in [9.17, 15) is 4.79 Å². The van der Waals surface area contributed by atoms with Crippen LogP contribution >= 0.6 is 0 Å². The van der Waals surface area contributed by atoms with Crippen molar-refractivity contribution in [2.75, 3.05) is 19.8 Å². The number of amides is 1. The lowest BCUT2D eigenvalue weighted by Gasteiger charge is -2.22. The molecule has 0 aliphatic carbocycles. The van der Waals surface area contributed by atoms with Crippen LogP contribution in [0.15, 0.2) is 48.8 Å². The lowest BCUT2D eigenvalue weighted by atomic mass is 10.1. The van der Waals surface area contributed by atoms with Crippen LogP contribution in [0, 0.1) is 0 Å². The van der Waals surface area contributed by atoms with Gasteiger partial charge in [-0.15, -0.1) is 0 Å². The van der Waals surface area contributed by atoms with E-state index < -0.39 is 5.79 Å². The topological polar surface area (TPSA) is 52.5 Å². The van der Waals surface area contributed by atoms with E-state index >= 15 is 0 Å². The highest BCUT2D eigenvalue weighted by atomic mass is 16.7. The van der Waals surface area contributed by atoms with Gasteiger partial charge in [0.15, 0.2) is 5.79 Å². The Morgan fingerprint density at radius 3 is 2.68 bits per heavy atom. The average molecular weight is 300 g/mol. The van der Waals surface area contributed by atoms with Crippen molar-refractivity contribution in [1.82, 2.24) is 9.88 Å². The Morgan fingerprint density at radius 1 is 1.23 bits per heavy atom. The molecule has 1 fully saturated rings. The molecule has 2 heterocycles. The van der Waals surface area contributed by atoms with Crippen molar-refractivity contribution in [3.05, 3.63) is 54.4 Å². The molecule has 1 saturated heterocycles. The van der Waals surface area contributed by atoms with E-state index in [1.165, 1.54) is 0 Å². The van der Waals surface area contributed by atoms with Crippen LogP contribution in [0.3, 0.4) is 0 Å². The zero-order valence-corrected chi connectivity index (χ0v) is 12.6. The molecule has 0 atom stereocenters. The molecule has 1 aliphatic heterocycles. The van der Waals surface area contributed by atoms with Crippen LogP contribution in [0.1, 0.15) is 23.7 Å². The van der Waals surface area contributed by atoms with Gasteiger partial charge in [0, 0.05) is 36.6 Å². The number of hydrogen-bond acceptors (Lipinski definition) is 3. The van der Waals surface area contributed by atoms with E-state index in [4.69, 9.17) is 9.47 Å². The third-order valence-electron chi connectivity index (χ3n) is 3.77. The first-order valence-electron chi connectivity index (χ1n) is 7.46. The maximum Gasteiger partial charge on any atom is 0.251 e. The highest BCUT2D eigenvalue weighted by Crippen LogP contribution is 2.21.